The van der Waals surface area contributed by atoms with Crippen LogP contribution in [0, 0.1) is 13.8 Å². The second-order valence-corrected chi connectivity index (χ2v) is 9.90. The van der Waals surface area contributed by atoms with E-state index in [0.29, 0.717) is 26.1 Å². The normalized spacial score (nSPS) is 15.7. The molecule has 2 heterocycles. The van der Waals surface area contributed by atoms with Crippen molar-refractivity contribution in [3.8, 4) is 5.75 Å². The molecule has 5 rings (SSSR count). The molecule has 186 valence electrons. The Balaban J connectivity index is 1.35. The summed E-state index contributed by atoms with van der Waals surface area (Å²) in [6.45, 7) is 8.23. The van der Waals surface area contributed by atoms with Crippen LogP contribution in [0.25, 0.3) is 11.0 Å². The van der Waals surface area contributed by atoms with Crippen molar-refractivity contribution in [2.24, 2.45) is 0 Å². The molecule has 1 unspecified atom stereocenters. The molecule has 0 bridgehead atoms. The number of unbranched alkanes of at least 4 members (excludes halogenated alkanes) is 1. The van der Waals surface area contributed by atoms with Crippen LogP contribution in [0.15, 0.2) is 66.7 Å². The topological polar surface area (TPSA) is 47.4 Å². The fourth-order valence-electron chi connectivity index (χ4n) is 5.10. The molecule has 1 fully saturated rings. The summed E-state index contributed by atoms with van der Waals surface area (Å²) >= 11 is 0. The predicted molar refractivity (Wildman–Crippen MR) is 146 cm³/mol. The summed E-state index contributed by atoms with van der Waals surface area (Å²) in [4.78, 5) is 20.0. The summed E-state index contributed by atoms with van der Waals surface area (Å²) in [5, 5.41) is 0. The minimum absolute atomic E-state index is 0.0466. The predicted octanol–water partition coefficient (Wildman–Crippen LogP) is 6.60. The molecule has 1 aliphatic rings. The van der Waals surface area contributed by atoms with Crippen molar-refractivity contribution in [3.63, 3.8) is 0 Å². The SMILES string of the molecule is CCCCc1ccc(N2CC(c3nc4ccccc4n3CCOc3cc(C)ccc3C)CC2=O)cc1. The summed E-state index contributed by atoms with van der Waals surface area (Å²) in [5.74, 6) is 2.10. The number of ether oxygens (including phenoxy) is 1. The maximum atomic E-state index is 13.1. The van der Waals surface area contributed by atoms with E-state index >= 15 is 0 Å². The van der Waals surface area contributed by atoms with Gasteiger partial charge < -0.3 is 14.2 Å². The molecular formula is C31H35N3O2. The quantitative estimate of drug-likeness (QED) is 0.271. The standard InChI is InChI=1S/C31H35N3O2/c1-4-5-8-24-13-15-26(16-14-24)34-21-25(20-30(34)35)31-32-27-9-6-7-10-28(27)33(31)17-18-36-29-19-22(2)11-12-23(29)3/h6-7,9-16,19,25H,4-5,8,17-18,20-21H2,1-3H3. The van der Waals surface area contributed by atoms with Crippen molar-refractivity contribution in [2.75, 3.05) is 18.1 Å². The third-order valence-electron chi connectivity index (χ3n) is 7.16. The molecule has 5 nitrogen and oxygen atoms in total. The number of anilines is 1. The number of aryl methyl sites for hydroxylation is 3. The Labute approximate surface area is 213 Å². The van der Waals surface area contributed by atoms with Gasteiger partial charge in [-0.2, -0.15) is 0 Å². The lowest BCUT2D eigenvalue weighted by molar-refractivity contribution is -0.117. The summed E-state index contributed by atoms with van der Waals surface area (Å²) in [6.07, 6.45) is 3.93. The van der Waals surface area contributed by atoms with Crippen molar-refractivity contribution in [1.29, 1.82) is 0 Å². The Bertz CT molecular complexity index is 1360. The fraction of sp³-hybridized carbons (Fsp3) is 0.355. The van der Waals surface area contributed by atoms with Gasteiger partial charge in [0, 0.05) is 24.6 Å². The zero-order chi connectivity index (χ0) is 25.1. The van der Waals surface area contributed by atoms with Crippen molar-refractivity contribution in [2.45, 2.75) is 58.9 Å². The summed E-state index contributed by atoms with van der Waals surface area (Å²) in [5.41, 5.74) is 6.67. The van der Waals surface area contributed by atoms with E-state index in [1.165, 1.54) is 24.0 Å². The molecule has 4 aromatic rings. The van der Waals surface area contributed by atoms with Crippen molar-refractivity contribution in [1.82, 2.24) is 9.55 Å². The Morgan fingerprint density at radius 1 is 1.03 bits per heavy atom. The van der Waals surface area contributed by atoms with E-state index in [4.69, 9.17) is 9.72 Å². The maximum absolute atomic E-state index is 13.1. The van der Waals surface area contributed by atoms with Crippen LogP contribution in [0.5, 0.6) is 5.75 Å². The first-order valence-electron chi connectivity index (χ1n) is 13.1. The van der Waals surface area contributed by atoms with Gasteiger partial charge in [0.25, 0.3) is 0 Å². The molecule has 5 heteroatoms. The van der Waals surface area contributed by atoms with Gasteiger partial charge >= 0.3 is 0 Å². The van der Waals surface area contributed by atoms with Crippen LogP contribution in [0.2, 0.25) is 0 Å². The molecule has 1 atom stereocenters. The van der Waals surface area contributed by atoms with Crippen LogP contribution in [0.1, 0.15) is 54.6 Å². The van der Waals surface area contributed by atoms with Gasteiger partial charge in [-0.15, -0.1) is 0 Å². The van der Waals surface area contributed by atoms with Gasteiger partial charge in [0.2, 0.25) is 5.91 Å². The zero-order valence-electron chi connectivity index (χ0n) is 21.5. The molecule has 0 radical (unpaired) electrons. The second kappa shape index (κ2) is 10.6. The Morgan fingerprint density at radius 2 is 1.83 bits per heavy atom. The molecule has 36 heavy (non-hydrogen) atoms. The van der Waals surface area contributed by atoms with Gasteiger partial charge in [0.05, 0.1) is 17.6 Å². The second-order valence-electron chi connectivity index (χ2n) is 9.90. The lowest BCUT2D eigenvalue weighted by atomic mass is 10.1. The molecule has 1 aromatic heterocycles. The highest BCUT2D eigenvalue weighted by molar-refractivity contribution is 5.96. The van der Waals surface area contributed by atoms with Gasteiger partial charge in [0.1, 0.15) is 18.2 Å². The number of carbonyl (C=O) groups is 1. The average Bonchev–Trinajstić information content (AvgIpc) is 3.45. The Kier molecular flexibility index (Phi) is 7.08. The minimum atomic E-state index is 0.0466. The number of hydrogen-bond acceptors (Lipinski definition) is 3. The maximum Gasteiger partial charge on any atom is 0.227 e. The van der Waals surface area contributed by atoms with Gasteiger partial charge in [-0.3, -0.25) is 4.79 Å². The van der Waals surface area contributed by atoms with Crippen LogP contribution in [0.3, 0.4) is 0 Å². The number of benzene rings is 3. The lowest BCUT2D eigenvalue weighted by Gasteiger charge is -2.18. The number of amides is 1. The number of rotatable bonds is 9. The smallest absolute Gasteiger partial charge is 0.227 e. The Morgan fingerprint density at radius 3 is 2.64 bits per heavy atom. The van der Waals surface area contributed by atoms with Crippen LogP contribution >= 0.6 is 0 Å². The summed E-state index contributed by atoms with van der Waals surface area (Å²) in [6, 6.07) is 23.0. The number of carbonyl (C=O) groups excluding carboxylic acids is 1. The van der Waals surface area contributed by atoms with Crippen molar-refractivity contribution in [3.05, 3.63) is 89.2 Å². The highest BCUT2D eigenvalue weighted by atomic mass is 16.5. The largest absolute Gasteiger partial charge is 0.491 e. The van der Waals surface area contributed by atoms with Crippen LogP contribution in [0.4, 0.5) is 5.69 Å². The molecule has 0 saturated carbocycles. The molecule has 1 aliphatic heterocycles. The number of aromatic nitrogens is 2. The van der Waals surface area contributed by atoms with E-state index in [9.17, 15) is 4.79 Å². The highest BCUT2D eigenvalue weighted by Crippen LogP contribution is 2.33. The Hall–Kier alpha value is -3.60. The van der Waals surface area contributed by atoms with E-state index in [-0.39, 0.29) is 11.8 Å². The average molecular weight is 482 g/mol. The number of hydrogen-bond donors (Lipinski definition) is 0. The molecule has 3 aromatic carbocycles. The van der Waals surface area contributed by atoms with E-state index < -0.39 is 0 Å². The lowest BCUT2D eigenvalue weighted by Crippen LogP contribution is -2.24. The molecule has 1 amide bonds. The van der Waals surface area contributed by atoms with Crippen molar-refractivity contribution >= 4 is 22.6 Å². The van der Waals surface area contributed by atoms with Crippen molar-refractivity contribution < 1.29 is 9.53 Å². The highest BCUT2D eigenvalue weighted by Gasteiger charge is 2.34. The molecular weight excluding hydrogens is 446 g/mol. The van der Waals surface area contributed by atoms with Crippen LogP contribution in [-0.2, 0) is 17.8 Å². The van der Waals surface area contributed by atoms with E-state index in [2.05, 4.69) is 73.9 Å². The van der Waals surface area contributed by atoms with Gasteiger partial charge in [-0.1, -0.05) is 49.7 Å². The van der Waals surface area contributed by atoms with Crippen LogP contribution in [-0.4, -0.2) is 28.6 Å². The molecule has 0 N–H and O–H groups in total. The summed E-state index contributed by atoms with van der Waals surface area (Å²) < 4.78 is 8.43. The first-order chi connectivity index (χ1) is 17.5. The number of para-hydroxylation sites is 2. The van der Waals surface area contributed by atoms with Crippen LogP contribution < -0.4 is 9.64 Å². The van der Waals surface area contributed by atoms with Gasteiger partial charge in [-0.25, -0.2) is 4.98 Å². The van der Waals surface area contributed by atoms with Gasteiger partial charge in [-0.05, 0) is 73.7 Å². The fourth-order valence-corrected chi connectivity index (χ4v) is 5.10. The van der Waals surface area contributed by atoms with E-state index in [1.807, 2.05) is 23.1 Å². The zero-order valence-corrected chi connectivity index (χ0v) is 21.5. The number of fused-ring (bicyclic) bond motifs is 1. The van der Waals surface area contributed by atoms with Gasteiger partial charge in [0.15, 0.2) is 0 Å². The van der Waals surface area contributed by atoms with E-state index in [1.54, 1.807) is 0 Å². The molecule has 1 saturated heterocycles. The molecule has 0 aliphatic carbocycles. The molecule has 0 spiro atoms. The number of imidazole rings is 1. The van der Waals surface area contributed by atoms with E-state index in [0.717, 1.165) is 40.3 Å². The third kappa shape index (κ3) is 5.01. The first-order valence-corrected chi connectivity index (χ1v) is 13.1. The first kappa shape index (κ1) is 24.1. The monoisotopic (exact) mass is 481 g/mol. The number of nitrogens with zero attached hydrogens (tertiary/aromatic N) is 3. The minimum Gasteiger partial charge on any atom is -0.491 e. The third-order valence-corrected chi connectivity index (χ3v) is 7.16. The summed E-state index contributed by atoms with van der Waals surface area (Å²) in [7, 11) is 0.